The Balaban J connectivity index is 1.89. The van der Waals surface area contributed by atoms with Gasteiger partial charge in [0.05, 0.1) is 5.56 Å². The van der Waals surface area contributed by atoms with E-state index in [1.807, 2.05) is 0 Å². The molecule has 0 bridgehead atoms. The first-order valence-corrected chi connectivity index (χ1v) is 7.12. The minimum atomic E-state index is 0.243. The fraction of sp³-hybridized carbons (Fsp3) is 0.615. The Morgan fingerprint density at radius 2 is 2.11 bits per heavy atom. The van der Waals surface area contributed by atoms with Crippen LogP contribution in [0.3, 0.4) is 0 Å². The molecule has 0 amide bonds. The summed E-state index contributed by atoms with van der Waals surface area (Å²) in [5, 5.41) is 0.243. The van der Waals surface area contributed by atoms with Gasteiger partial charge in [-0.3, -0.25) is 9.69 Å². The molecular weight excluding hydrogens is 264 g/mol. The maximum atomic E-state index is 11.2. The molecule has 1 unspecified atom stereocenters. The Morgan fingerprint density at radius 3 is 2.95 bits per heavy atom. The maximum absolute atomic E-state index is 11.2. The van der Waals surface area contributed by atoms with E-state index in [1.165, 1.54) is 25.7 Å². The van der Waals surface area contributed by atoms with Gasteiger partial charge in [0.25, 0.3) is 0 Å². The zero-order chi connectivity index (χ0) is 13.2. The number of hydrogen-bond acceptors (Lipinski definition) is 5. The molecule has 1 aromatic heterocycles. The highest BCUT2D eigenvalue weighted by atomic mass is 35.5. The number of carbonyl (C=O) groups excluding carboxylic acids is 1. The highest BCUT2D eigenvalue weighted by molar-refractivity contribution is 6.32. The van der Waals surface area contributed by atoms with Gasteiger partial charge < -0.3 is 4.90 Å². The number of carbonyl (C=O) groups is 1. The minimum Gasteiger partial charge on any atom is -0.354 e. The van der Waals surface area contributed by atoms with Crippen molar-refractivity contribution in [3.05, 3.63) is 17.0 Å². The third-order valence-corrected chi connectivity index (χ3v) is 4.34. The highest BCUT2D eigenvalue weighted by Crippen LogP contribution is 2.27. The van der Waals surface area contributed by atoms with Crippen molar-refractivity contribution < 1.29 is 4.79 Å². The molecule has 0 aliphatic carbocycles. The fourth-order valence-electron chi connectivity index (χ4n) is 3.12. The number of nitrogens with zero attached hydrogens (tertiary/aromatic N) is 4. The molecule has 0 spiro atoms. The van der Waals surface area contributed by atoms with Crippen molar-refractivity contribution in [2.75, 3.05) is 31.1 Å². The number of rotatable bonds is 2. The molecule has 2 fully saturated rings. The number of hydrogen-bond donors (Lipinski definition) is 0. The normalized spacial score (nSPS) is 24.1. The van der Waals surface area contributed by atoms with Gasteiger partial charge in [-0.1, -0.05) is 11.6 Å². The van der Waals surface area contributed by atoms with Crippen LogP contribution in [0.15, 0.2) is 6.33 Å². The van der Waals surface area contributed by atoms with Crippen molar-refractivity contribution in [3.63, 3.8) is 0 Å². The van der Waals surface area contributed by atoms with E-state index in [4.69, 9.17) is 11.6 Å². The zero-order valence-electron chi connectivity index (χ0n) is 10.8. The summed E-state index contributed by atoms with van der Waals surface area (Å²) >= 11 is 5.98. The summed E-state index contributed by atoms with van der Waals surface area (Å²) in [6, 6.07) is 0.579. The summed E-state index contributed by atoms with van der Waals surface area (Å²) in [6.07, 6.45) is 5.78. The third-order valence-electron chi connectivity index (χ3n) is 4.04. The van der Waals surface area contributed by atoms with E-state index in [0.29, 0.717) is 17.4 Å². The molecule has 2 saturated heterocycles. The molecule has 2 aliphatic heterocycles. The minimum absolute atomic E-state index is 0.243. The van der Waals surface area contributed by atoms with E-state index in [1.54, 1.807) is 0 Å². The van der Waals surface area contributed by atoms with Crippen molar-refractivity contribution in [1.82, 2.24) is 14.9 Å². The zero-order valence-corrected chi connectivity index (χ0v) is 11.5. The van der Waals surface area contributed by atoms with Gasteiger partial charge in [-0.15, -0.1) is 0 Å². The van der Waals surface area contributed by atoms with Crippen molar-refractivity contribution >= 4 is 23.7 Å². The van der Waals surface area contributed by atoms with Gasteiger partial charge in [-0.05, 0) is 25.8 Å². The molecule has 0 saturated carbocycles. The summed E-state index contributed by atoms with van der Waals surface area (Å²) in [6.45, 7) is 4.18. The molecule has 1 atom stereocenters. The van der Waals surface area contributed by atoms with E-state index in [9.17, 15) is 4.79 Å². The van der Waals surface area contributed by atoms with Crippen LogP contribution in [0, 0.1) is 0 Å². The Hall–Kier alpha value is -1.20. The first-order chi connectivity index (χ1) is 9.29. The van der Waals surface area contributed by atoms with Crippen LogP contribution in [0.4, 0.5) is 5.82 Å². The molecule has 0 radical (unpaired) electrons. The molecule has 3 heterocycles. The summed E-state index contributed by atoms with van der Waals surface area (Å²) in [4.78, 5) is 24.1. The number of anilines is 1. The lowest BCUT2D eigenvalue weighted by Gasteiger charge is -2.27. The molecule has 102 valence electrons. The average Bonchev–Trinajstić information content (AvgIpc) is 2.76. The van der Waals surface area contributed by atoms with Crippen LogP contribution in [0.2, 0.25) is 5.15 Å². The number of fused-ring (bicyclic) bond motifs is 1. The Labute approximate surface area is 117 Å². The van der Waals surface area contributed by atoms with Gasteiger partial charge in [0, 0.05) is 25.7 Å². The Morgan fingerprint density at radius 1 is 1.26 bits per heavy atom. The Bertz CT molecular complexity index is 482. The molecule has 19 heavy (non-hydrogen) atoms. The fourth-order valence-corrected chi connectivity index (χ4v) is 3.29. The summed E-state index contributed by atoms with van der Waals surface area (Å²) in [7, 11) is 0. The second kappa shape index (κ2) is 5.43. The predicted octanol–water partition coefficient (Wildman–Crippen LogP) is 1.62. The van der Waals surface area contributed by atoms with Gasteiger partial charge in [0.15, 0.2) is 6.29 Å². The molecular formula is C13H17ClN4O. The van der Waals surface area contributed by atoms with Crippen LogP contribution >= 0.6 is 11.6 Å². The number of halogens is 1. The van der Waals surface area contributed by atoms with Gasteiger partial charge in [0.1, 0.15) is 17.3 Å². The second-order valence-corrected chi connectivity index (χ2v) is 5.51. The lowest BCUT2D eigenvalue weighted by atomic mass is 10.2. The van der Waals surface area contributed by atoms with Crippen LogP contribution in [0.25, 0.3) is 0 Å². The van der Waals surface area contributed by atoms with Crippen LogP contribution in [-0.2, 0) is 0 Å². The van der Waals surface area contributed by atoms with Gasteiger partial charge in [-0.2, -0.15) is 0 Å². The molecule has 2 aliphatic rings. The molecule has 0 aromatic carbocycles. The third kappa shape index (κ3) is 2.44. The molecule has 5 nitrogen and oxygen atoms in total. The van der Waals surface area contributed by atoms with Crippen molar-refractivity contribution in [1.29, 1.82) is 0 Å². The Kier molecular flexibility index (Phi) is 3.66. The lowest BCUT2D eigenvalue weighted by Crippen LogP contribution is -2.37. The van der Waals surface area contributed by atoms with Gasteiger partial charge in [-0.25, -0.2) is 9.97 Å². The van der Waals surface area contributed by atoms with Crippen LogP contribution in [0.5, 0.6) is 0 Å². The second-order valence-electron chi connectivity index (χ2n) is 5.15. The number of aldehydes is 1. The lowest BCUT2D eigenvalue weighted by molar-refractivity contribution is 0.112. The maximum Gasteiger partial charge on any atom is 0.156 e. The van der Waals surface area contributed by atoms with E-state index in [0.717, 1.165) is 32.3 Å². The SMILES string of the molecule is O=Cc1c(Cl)ncnc1N1CCCN2CCCC2C1. The summed E-state index contributed by atoms with van der Waals surface area (Å²) in [5.74, 6) is 0.684. The number of aromatic nitrogens is 2. The topological polar surface area (TPSA) is 49.3 Å². The van der Waals surface area contributed by atoms with Crippen molar-refractivity contribution in [2.45, 2.75) is 25.3 Å². The largest absolute Gasteiger partial charge is 0.354 e. The van der Waals surface area contributed by atoms with Gasteiger partial charge >= 0.3 is 0 Å². The van der Waals surface area contributed by atoms with Crippen molar-refractivity contribution in [2.24, 2.45) is 0 Å². The van der Waals surface area contributed by atoms with E-state index < -0.39 is 0 Å². The first-order valence-electron chi connectivity index (χ1n) is 6.74. The van der Waals surface area contributed by atoms with E-state index in [2.05, 4.69) is 19.8 Å². The standard InChI is InChI=1S/C13H17ClN4O/c14-12-11(8-19)13(16-9-15-12)18-6-2-5-17-4-1-3-10(17)7-18/h8-10H,1-7H2. The molecule has 6 heteroatoms. The highest BCUT2D eigenvalue weighted by Gasteiger charge is 2.30. The van der Waals surface area contributed by atoms with Crippen LogP contribution < -0.4 is 4.90 Å². The van der Waals surface area contributed by atoms with E-state index in [-0.39, 0.29) is 5.15 Å². The monoisotopic (exact) mass is 280 g/mol. The van der Waals surface area contributed by atoms with Gasteiger partial charge in [0.2, 0.25) is 0 Å². The van der Waals surface area contributed by atoms with Crippen molar-refractivity contribution in [3.8, 4) is 0 Å². The average molecular weight is 281 g/mol. The molecule has 1 aromatic rings. The smallest absolute Gasteiger partial charge is 0.156 e. The molecule has 0 N–H and O–H groups in total. The molecule has 3 rings (SSSR count). The summed E-state index contributed by atoms with van der Waals surface area (Å²) in [5.41, 5.74) is 0.413. The van der Waals surface area contributed by atoms with Crippen LogP contribution in [-0.4, -0.2) is 53.4 Å². The predicted molar refractivity (Wildman–Crippen MR) is 73.9 cm³/mol. The summed E-state index contributed by atoms with van der Waals surface area (Å²) < 4.78 is 0. The van der Waals surface area contributed by atoms with Crippen LogP contribution in [0.1, 0.15) is 29.6 Å². The first kappa shape index (κ1) is 12.8. The van der Waals surface area contributed by atoms with E-state index >= 15 is 0 Å². The quantitative estimate of drug-likeness (QED) is 0.609.